The summed E-state index contributed by atoms with van der Waals surface area (Å²) >= 11 is 3.02. The Hall–Kier alpha value is -1.43. The fraction of sp³-hybridized carbons (Fsp3) is 0.429. The van der Waals surface area contributed by atoms with E-state index in [2.05, 4.69) is 15.9 Å². The second kappa shape index (κ2) is 6.83. The number of esters is 1. The number of Topliss-reactive ketones (excluding diaryl/α,β-unsaturated/α-hetero) is 1. The second-order valence-electron chi connectivity index (χ2n) is 4.63. The molecule has 0 aromatic heterocycles. The van der Waals surface area contributed by atoms with Gasteiger partial charge in [0.05, 0.1) is 11.1 Å². The molecular weight excluding hydrogens is 331 g/mol. The van der Waals surface area contributed by atoms with Crippen LogP contribution in [0, 0.1) is 11.2 Å². The van der Waals surface area contributed by atoms with Gasteiger partial charge < -0.3 is 9.47 Å². The molecule has 0 atom stereocenters. The minimum Gasteiger partial charge on any atom is -0.486 e. The Morgan fingerprint density at radius 1 is 1.35 bits per heavy atom. The number of carbonyl (C=O) groups excluding carboxylic acids is 2. The molecule has 20 heavy (non-hydrogen) atoms. The van der Waals surface area contributed by atoms with E-state index >= 15 is 0 Å². The van der Waals surface area contributed by atoms with Gasteiger partial charge in [-0.15, -0.1) is 0 Å². The summed E-state index contributed by atoms with van der Waals surface area (Å²) in [6, 6.07) is 4.16. The summed E-state index contributed by atoms with van der Waals surface area (Å²) in [4.78, 5) is 23.6. The molecule has 1 rings (SSSR count). The van der Waals surface area contributed by atoms with Gasteiger partial charge in [-0.05, 0) is 48.8 Å². The van der Waals surface area contributed by atoms with E-state index in [1.54, 1.807) is 6.92 Å². The van der Waals surface area contributed by atoms with Crippen LogP contribution in [-0.4, -0.2) is 25.0 Å². The predicted octanol–water partition coefficient (Wildman–Crippen LogP) is 3.13. The quantitative estimate of drug-likeness (QED) is 0.586. The molecule has 6 heteroatoms. The molecule has 0 saturated heterocycles. The highest BCUT2D eigenvalue weighted by molar-refractivity contribution is 9.10. The summed E-state index contributed by atoms with van der Waals surface area (Å²) < 4.78 is 23.6. The molecule has 0 saturated carbocycles. The van der Waals surface area contributed by atoms with Crippen molar-refractivity contribution in [3.8, 4) is 5.75 Å². The van der Waals surface area contributed by atoms with E-state index in [1.165, 1.54) is 26.0 Å². The molecule has 0 aliphatic heterocycles. The van der Waals surface area contributed by atoms with Crippen LogP contribution in [0.4, 0.5) is 4.39 Å². The molecule has 0 bridgehead atoms. The van der Waals surface area contributed by atoms with Crippen LogP contribution >= 0.6 is 15.9 Å². The largest absolute Gasteiger partial charge is 0.486 e. The molecule has 0 fully saturated rings. The number of benzene rings is 1. The van der Waals surface area contributed by atoms with Crippen LogP contribution < -0.4 is 4.74 Å². The van der Waals surface area contributed by atoms with Crippen LogP contribution in [0.3, 0.4) is 0 Å². The summed E-state index contributed by atoms with van der Waals surface area (Å²) in [5, 5.41) is 0. The van der Waals surface area contributed by atoms with Crippen LogP contribution in [0.2, 0.25) is 0 Å². The Morgan fingerprint density at radius 2 is 2.00 bits per heavy atom. The molecule has 0 amide bonds. The maximum Gasteiger partial charge on any atom is 0.319 e. The summed E-state index contributed by atoms with van der Waals surface area (Å²) in [6.07, 6.45) is 0. The lowest BCUT2D eigenvalue weighted by Gasteiger charge is -2.20. The van der Waals surface area contributed by atoms with Crippen molar-refractivity contribution in [3.63, 3.8) is 0 Å². The third-order valence-corrected chi connectivity index (χ3v) is 3.39. The van der Waals surface area contributed by atoms with E-state index < -0.39 is 23.0 Å². The van der Waals surface area contributed by atoms with Crippen molar-refractivity contribution in [3.05, 3.63) is 28.5 Å². The Bertz CT molecular complexity index is 514. The van der Waals surface area contributed by atoms with Gasteiger partial charge in [-0.1, -0.05) is 0 Å². The van der Waals surface area contributed by atoms with E-state index in [-0.39, 0.29) is 19.0 Å². The summed E-state index contributed by atoms with van der Waals surface area (Å²) in [5.41, 5.74) is -1.29. The van der Waals surface area contributed by atoms with E-state index in [0.29, 0.717) is 4.47 Å². The first-order chi connectivity index (χ1) is 9.28. The van der Waals surface area contributed by atoms with Crippen molar-refractivity contribution in [2.75, 3.05) is 13.2 Å². The lowest BCUT2D eigenvalue weighted by Crippen LogP contribution is -2.38. The smallest absolute Gasteiger partial charge is 0.319 e. The first-order valence-electron chi connectivity index (χ1n) is 6.07. The third-order valence-electron chi connectivity index (χ3n) is 2.74. The average Bonchev–Trinajstić information content (AvgIpc) is 2.39. The maximum atomic E-state index is 13.3. The molecule has 0 aliphatic rings. The van der Waals surface area contributed by atoms with Gasteiger partial charge in [-0.3, -0.25) is 9.59 Å². The average molecular weight is 347 g/mol. The Kier molecular flexibility index (Phi) is 5.68. The van der Waals surface area contributed by atoms with Crippen molar-refractivity contribution in [2.24, 2.45) is 5.41 Å². The van der Waals surface area contributed by atoms with Gasteiger partial charge in [0.1, 0.15) is 23.6 Å². The normalized spacial score (nSPS) is 11.1. The minimum atomic E-state index is -1.29. The van der Waals surface area contributed by atoms with Gasteiger partial charge in [-0.2, -0.15) is 0 Å². The fourth-order valence-corrected chi connectivity index (χ4v) is 1.57. The number of hydrogen-bond acceptors (Lipinski definition) is 4. The SMILES string of the molecule is CCOC(=O)C(C)(C)C(=O)COc1ccc(Br)c(F)c1. The lowest BCUT2D eigenvalue weighted by molar-refractivity contribution is -0.158. The monoisotopic (exact) mass is 346 g/mol. The van der Waals surface area contributed by atoms with Crippen LogP contribution in [0.25, 0.3) is 0 Å². The summed E-state index contributed by atoms with van der Waals surface area (Å²) in [6.45, 7) is 4.48. The van der Waals surface area contributed by atoms with Crippen molar-refractivity contribution in [2.45, 2.75) is 20.8 Å². The standard InChI is InChI=1S/C14H16BrFO4/c1-4-19-13(18)14(2,3)12(17)8-20-9-5-6-10(15)11(16)7-9/h5-7H,4,8H2,1-3H3. The van der Waals surface area contributed by atoms with E-state index in [4.69, 9.17) is 9.47 Å². The van der Waals surface area contributed by atoms with Crippen LogP contribution in [0.5, 0.6) is 5.75 Å². The van der Waals surface area contributed by atoms with Crippen LogP contribution in [0.1, 0.15) is 20.8 Å². The number of ketones is 1. The first kappa shape index (κ1) is 16.6. The van der Waals surface area contributed by atoms with Gasteiger partial charge in [0, 0.05) is 6.07 Å². The Labute approximate surface area is 125 Å². The van der Waals surface area contributed by atoms with Gasteiger partial charge in [0.25, 0.3) is 0 Å². The molecule has 0 heterocycles. The number of rotatable bonds is 6. The van der Waals surface area contributed by atoms with Gasteiger partial charge in [-0.25, -0.2) is 4.39 Å². The molecule has 0 radical (unpaired) electrons. The van der Waals surface area contributed by atoms with E-state index in [9.17, 15) is 14.0 Å². The van der Waals surface area contributed by atoms with Gasteiger partial charge in [0.2, 0.25) is 0 Å². The number of halogens is 2. The molecule has 0 N–H and O–H groups in total. The zero-order valence-corrected chi connectivity index (χ0v) is 13.1. The highest BCUT2D eigenvalue weighted by Crippen LogP contribution is 2.23. The van der Waals surface area contributed by atoms with Crippen LogP contribution in [-0.2, 0) is 14.3 Å². The van der Waals surface area contributed by atoms with Crippen molar-refractivity contribution in [1.29, 1.82) is 0 Å². The van der Waals surface area contributed by atoms with Gasteiger partial charge >= 0.3 is 5.97 Å². The van der Waals surface area contributed by atoms with Crippen molar-refractivity contribution in [1.82, 2.24) is 0 Å². The summed E-state index contributed by atoms with van der Waals surface area (Å²) in [7, 11) is 0. The van der Waals surface area contributed by atoms with E-state index in [1.807, 2.05) is 0 Å². The maximum absolute atomic E-state index is 13.3. The molecule has 4 nitrogen and oxygen atoms in total. The molecule has 0 unspecified atom stereocenters. The van der Waals surface area contributed by atoms with Crippen molar-refractivity contribution >= 4 is 27.7 Å². The van der Waals surface area contributed by atoms with E-state index in [0.717, 1.165) is 6.07 Å². The van der Waals surface area contributed by atoms with Gasteiger partial charge in [0.15, 0.2) is 5.78 Å². The number of hydrogen-bond donors (Lipinski definition) is 0. The molecule has 1 aromatic carbocycles. The molecule has 0 spiro atoms. The molecule has 0 aliphatic carbocycles. The third kappa shape index (κ3) is 4.03. The number of carbonyl (C=O) groups is 2. The van der Waals surface area contributed by atoms with Crippen molar-refractivity contribution < 1.29 is 23.5 Å². The Morgan fingerprint density at radius 3 is 2.55 bits per heavy atom. The lowest BCUT2D eigenvalue weighted by atomic mass is 9.88. The minimum absolute atomic E-state index is 0.203. The zero-order valence-electron chi connectivity index (χ0n) is 11.5. The topological polar surface area (TPSA) is 52.6 Å². The first-order valence-corrected chi connectivity index (χ1v) is 6.86. The fourth-order valence-electron chi connectivity index (χ4n) is 1.32. The molecular formula is C14H16BrFO4. The highest BCUT2D eigenvalue weighted by Gasteiger charge is 2.37. The highest BCUT2D eigenvalue weighted by atomic mass is 79.9. The second-order valence-corrected chi connectivity index (χ2v) is 5.49. The number of ether oxygens (including phenoxy) is 2. The Balaban J connectivity index is 2.66. The molecule has 110 valence electrons. The predicted molar refractivity (Wildman–Crippen MR) is 75.0 cm³/mol. The summed E-state index contributed by atoms with van der Waals surface area (Å²) in [5.74, 6) is -1.30. The molecule has 1 aromatic rings. The van der Waals surface area contributed by atoms with Crippen LogP contribution in [0.15, 0.2) is 22.7 Å². The zero-order chi connectivity index (χ0) is 15.3.